The van der Waals surface area contributed by atoms with E-state index < -0.39 is 0 Å². The number of fused-ring (bicyclic) bond motifs is 1. The Morgan fingerprint density at radius 3 is 3.00 bits per heavy atom. The van der Waals surface area contributed by atoms with E-state index >= 15 is 0 Å². The summed E-state index contributed by atoms with van der Waals surface area (Å²) < 4.78 is 0.666. The van der Waals surface area contributed by atoms with Crippen molar-refractivity contribution >= 4 is 40.2 Å². The zero-order chi connectivity index (χ0) is 12.7. The van der Waals surface area contributed by atoms with Crippen LogP contribution in [0.2, 0.25) is 4.34 Å². The van der Waals surface area contributed by atoms with Gasteiger partial charge in [-0.1, -0.05) is 11.6 Å². The molecule has 1 amide bonds. The molecular weight excluding hydrogens is 286 g/mol. The highest BCUT2D eigenvalue weighted by molar-refractivity contribution is 7.18. The van der Waals surface area contributed by atoms with E-state index in [2.05, 4.69) is 18.4 Å². The molecule has 2 aromatic heterocycles. The lowest BCUT2D eigenvalue weighted by Gasteiger charge is -2.33. The minimum atomic E-state index is 0.0938. The zero-order valence-electron chi connectivity index (χ0n) is 9.85. The number of thiophene rings is 2. The Balaban J connectivity index is 1.88. The maximum atomic E-state index is 12.4. The van der Waals surface area contributed by atoms with Gasteiger partial charge in [0.25, 0.3) is 5.91 Å². The van der Waals surface area contributed by atoms with Gasteiger partial charge in [0.15, 0.2) is 0 Å². The Kier molecular flexibility index (Phi) is 3.18. The zero-order valence-corrected chi connectivity index (χ0v) is 12.2. The maximum absolute atomic E-state index is 12.4. The van der Waals surface area contributed by atoms with Gasteiger partial charge in [-0.25, -0.2) is 0 Å². The van der Waals surface area contributed by atoms with E-state index in [0.717, 1.165) is 17.8 Å². The third kappa shape index (κ3) is 1.98. The van der Waals surface area contributed by atoms with Crippen molar-refractivity contribution in [2.24, 2.45) is 0 Å². The first-order chi connectivity index (χ1) is 8.66. The first-order valence-electron chi connectivity index (χ1n) is 5.79. The summed E-state index contributed by atoms with van der Waals surface area (Å²) in [5.74, 6) is 0.0938. The molecule has 0 saturated carbocycles. The van der Waals surface area contributed by atoms with Gasteiger partial charge in [-0.2, -0.15) is 0 Å². The summed E-state index contributed by atoms with van der Waals surface area (Å²) in [6.45, 7) is 2.89. The molecule has 0 radical (unpaired) electrons. The van der Waals surface area contributed by atoms with Crippen molar-refractivity contribution in [3.8, 4) is 0 Å². The molecule has 5 heteroatoms. The highest BCUT2D eigenvalue weighted by Gasteiger charge is 2.29. The number of carbonyl (C=O) groups is 1. The lowest BCUT2D eigenvalue weighted by Crippen LogP contribution is -2.37. The van der Waals surface area contributed by atoms with E-state index in [1.54, 1.807) is 17.4 Å². The van der Waals surface area contributed by atoms with Gasteiger partial charge in [0.05, 0.1) is 15.3 Å². The van der Waals surface area contributed by atoms with Crippen LogP contribution < -0.4 is 0 Å². The topological polar surface area (TPSA) is 20.3 Å². The molecule has 0 spiro atoms. The van der Waals surface area contributed by atoms with Crippen molar-refractivity contribution in [1.82, 2.24) is 4.90 Å². The van der Waals surface area contributed by atoms with E-state index in [1.165, 1.54) is 21.8 Å². The molecule has 0 bridgehead atoms. The molecule has 3 heterocycles. The summed E-state index contributed by atoms with van der Waals surface area (Å²) in [6.07, 6.45) is 0.961. The second-order valence-electron chi connectivity index (χ2n) is 4.33. The molecule has 1 aliphatic rings. The normalized spacial score (nSPS) is 18.8. The standard InChI is InChI=1S/C13H12ClNOS2/c1-8-9-5-7-17-10(9)4-6-15(8)13(16)11-2-3-12(14)18-11/h2-3,5,7-8H,4,6H2,1H3/t8-/m1/s1. The van der Waals surface area contributed by atoms with Gasteiger partial charge >= 0.3 is 0 Å². The van der Waals surface area contributed by atoms with Crippen molar-refractivity contribution in [1.29, 1.82) is 0 Å². The van der Waals surface area contributed by atoms with Crippen molar-refractivity contribution in [2.75, 3.05) is 6.54 Å². The summed E-state index contributed by atoms with van der Waals surface area (Å²) in [6, 6.07) is 5.88. The molecule has 1 aliphatic heterocycles. The Morgan fingerprint density at radius 2 is 2.28 bits per heavy atom. The largest absolute Gasteiger partial charge is 0.331 e. The smallest absolute Gasteiger partial charge is 0.264 e. The second kappa shape index (κ2) is 4.68. The molecular formula is C13H12ClNOS2. The van der Waals surface area contributed by atoms with Gasteiger partial charge in [-0.15, -0.1) is 22.7 Å². The summed E-state index contributed by atoms with van der Waals surface area (Å²) >= 11 is 9.03. The van der Waals surface area contributed by atoms with E-state index in [4.69, 9.17) is 11.6 Å². The third-order valence-electron chi connectivity index (χ3n) is 3.32. The molecule has 3 rings (SSSR count). The molecule has 0 aromatic carbocycles. The minimum absolute atomic E-state index is 0.0938. The molecule has 0 N–H and O–H groups in total. The van der Waals surface area contributed by atoms with Crippen LogP contribution in [0.3, 0.4) is 0 Å². The number of hydrogen-bond donors (Lipinski definition) is 0. The first kappa shape index (κ1) is 12.2. The minimum Gasteiger partial charge on any atom is -0.331 e. The van der Waals surface area contributed by atoms with Crippen molar-refractivity contribution in [3.63, 3.8) is 0 Å². The van der Waals surface area contributed by atoms with Crippen LogP contribution in [0.15, 0.2) is 23.6 Å². The lowest BCUT2D eigenvalue weighted by molar-refractivity contribution is 0.0684. The van der Waals surface area contributed by atoms with Crippen molar-refractivity contribution in [3.05, 3.63) is 43.2 Å². The van der Waals surface area contributed by atoms with Gasteiger partial charge in [0.2, 0.25) is 0 Å². The molecule has 0 aliphatic carbocycles. The maximum Gasteiger partial charge on any atom is 0.264 e. The summed E-state index contributed by atoms with van der Waals surface area (Å²) in [7, 11) is 0. The molecule has 2 nitrogen and oxygen atoms in total. The van der Waals surface area contributed by atoms with Crippen LogP contribution in [0.1, 0.15) is 33.1 Å². The average Bonchev–Trinajstić information content (AvgIpc) is 2.97. The average molecular weight is 298 g/mol. The van der Waals surface area contributed by atoms with Crippen LogP contribution in [-0.2, 0) is 6.42 Å². The molecule has 0 unspecified atom stereocenters. The van der Waals surface area contributed by atoms with Crippen LogP contribution in [0, 0.1) is 0 Å². The summed E-state index contributed by atoms with van der Waals surface area (Å²) in [5.41, 5.74) is 1.29. The molecule has 1 atom stereocenters. The van der Waals surface area contributed by atoms with Crippen molar-refractivity contribution < 1.29 is 4.79 Å². The predicted molar refractivity (Wildman–Crippen MR) is 76.8 cm³/mol. The number of nitrogens with zero attached hydrogens (tertiary/aromatic N) is 1. The van der Waals surface area contributed by atoms with Crippen LogP contribution in [-0.4, -0.2) is 17.4 Å². The highest BCUT2D eigenvalue weighted by Crippen LogP contribution is 2.34. The summed E-state index contributed by atoms with van der Waals surface area (Å²) in [4.78, 5) is 16.5. The summed E-state index contributed by atoms with van der Waals surface area (Å²) in [5, 5.41) is 2.11. The SMILES string of the molecule is C[C@@H]1c2ccsc2CCN1C(=O)c1ccc(Cl)s1. The first-order valence-corrected chi connectivity index (χ1v) is 7.87. The van der Waals surface area contributed by atoms with Gasteiger partial charge in [0, 0.05) is 11.4 Å². The Hall–Kier alpha value is -0.840. The Labute approximate surface area is 119 Å². The highest BCUT2D eigenvalue weighted by atomic mass is 35.5. The number of hydrogen-bond acceptors (Lipinski definition) is 3. The predicted octanol–water partition coefficient (Wildman–Crippen LogP) is 4.22. The van der Waals surface area contributed by atoms with Crippen LogP contribution in [0.5, 0.6) is 0 Å². The van der Waals surface area contributed by atoms with Gasteiger partial charge in [-0.05, 0) is 42.5 Å². The van der Waals surface area contributed by atoms with Crippen LogP contribution >= 0.6 is 34.3 Å². The van der Waals surface area contributed by atoms with Gasteiger partial charge in [-0.3, -0.25) is 4.79 Å². The van der Waals surface area contributed by atoms with E-state index in [1.807, 2.05) is 11.0 Å². The van der Waals surface area contributed by atoms with Crippen molar-refractivity contribution in [2.45, 2.75) is 19.4 Å². The monoisotopic (exact) mass is 297 g/mol. The van der Waals surface area contributed by atoms with Crippen LogP contribution in [0.25, 0.3) is 0 Å². The fourth-order valence-electron chi connectivity index (χ4n) is 2.36. The van der Waals surface area contributed by atoms with Crippen LogP contribution in [0.4, 0.5) is 0 Å². The van der Waals surface area contributed by atoms with E-state index in [9.17, 15) is 4.79 Å². The molecule has 94 valence electrons. The fraction of sp³-hybridized carbons (Fsp3) is 0.308. The Bertz CT molecular complexity index is 589. The lowest BCUT2D eigenvalue weighted by atomic mass is 10.0. The second-order valence-corrected chi connectivity index (χ2v) is 7.04. The van der Waals surface area contributed by atoms with E-state index in [0.29, 0.717) is 4.34 Å². The number of halogens is 1. The quantitative estimate of drug-likeness (QED) is 0.771. The fourth-order valence-corrected chi connectivity index (χ4v) is 4.32. The molecule has 18 heavy (non-hydrogen) atoms. The van der Waals surface area contributed by atoms with E-state index in [-0.39, 0.29) is 11.9 Å². The Morgan fingerprint density at radius 1 is 1.44 bits per heavy atom. The van der Waals surface area contributed by atoms with Gasteiger partial charge < -0.3 is 4.90 Å². The number of rotatable bonds is 1. The molecule has 2 aromatic rings. The number of amides is 1. The van der Waals surface area contributed by atoms with Gasteiger partial charge in [0.1, 0.15) is 0 Å². The molecule has 0 fully saturated rings. The third-order valence-corrected chi connectivity index (χ3v) is 5.54. The molecule has 0 saturated heterocycles. The number of carbonyl (C=O) groups excluding carboxylic acids is 1.